The molecule has 15 nitrogen and oxygen atoms in total. The molecule has 0 N–H and O–H groups in total. The van der Waals surface area contributed by atoms with Crippen molar-refractivity contribution in [3.63, 3.8) is 0 Å². The van der Waals surface area contributed by atoms with Gasteiger partial charge < -0.3 is 47.1 Å². The number of azide groups is 1. The molecule has 2 saturated heterocycles. The molecule has 0 aliphatic carbocycles. The third kappa shape index (κ3) is 15.7. The van der Waals surface area contributed by atoms with Crippen molar-refractivity contribution in [2.45, 2.75) is 145 Å². The summed E-state index contributed by atoms with van der Waals surface area (Å²) in [4.78, 5) is 43.6. The van der Waals surface area contributed by atoms with Crippen molar-refractivity contribution >= 4 is 48.2 Å². The monoisotopic (exact) mass is 1120 g/mol. The second-order valence-corrected chi connectivity index (χ2v) is 26.5. The second-order valence-electron chi connectivity index (χ2n) is 21.0. The van der Waals surface area contributed by atoms with Gasteiger partial charge in [0, 0.05) is 23.2 Å². The van der Waals surface area contributed by atoms with Crippen molar-refractivity contribution < 1.29 is 56.7 Å². The normalized spacial score (nSPS) is 23.1. The van der Waals surface area contributed by atoms with Gasteiger partial charge >= 0.3 is 11.9 Å². The SMILES string of the molecule is CC(=O)CCC(=O)O[C@H]1[C@H](OCc2ccccc2)[C@@H](OCc2ccccc2)[C@H](O[C@H]2[C@H](OCc3ccccc3)[C@@H](N=[N+]=[N-])[C@H](Sc3ccc(C)cc3)O[C@@H]2COC(C)=O)O[C@H]1CO[Si](c1ccccc1)(c1ccccc1)C(C)(C)C. The van der Waals surface area contributed by atoms with E-state index in [4.69, 9.17) is 42.3 Å². The molecule has 0 spiro atoms. The molecule has 0 radical (unpaired) electrons. The molecule has 0 unspecified atom stereocenters. The summed E-state index contributed by atoms with van der Waals surface area (Å²) < 4.78 is 62.5. The van der Waals surface area contributed by atoms with Crippen molar-refractivity contribution in [3.05, 3.63) is 209 Å². The number of Topliss-reactive ketones (excluding diaryl/α,β-unsaturated/α-hetero) is 1. The molecule has 0 amide bonds. The van der Waals surface area contributed by atoms with E-state index in [9.17, 15) is 19.9 Å². The van der Waals surface area contributed by atoms with Gasteiger partial charge in [-0.25, -0.2) is 0 Å². The van der Waals surface area contributed by atoms with Crippen LogP contribution < -0.4 is 10.4 Å². The lowest BCUT2D eigenvalue weighted by Crippen LogP contribution is -2.69. The van der Waals surface area contributed by atoms with E-state index in [2.05, 4.69) is 55.1 Å². The molecule has 80 heavy (non-hydrogen) atoms. The Morgan fingerprint density at radius 3 is 1.57 bits per heavy atom. The predicted molar refractivity (Wildman–Crippen MR) is 307 cm³/mol. The van der Waals surface area contributed by atoms with Crippen LogP contribution in [0.4, 0.5) is 0 Å². The van der Waals surface area contributed by atoms with Crippen LogP contribution in [-0.4, -0.2) is 99.7 Å². The summed E-state index contributed by atoms with van der Waals surface area (Å²) in [5.74, 6) is -1.38. The number of aryl methyl sites for hydroxylation is 1. The van der Waals surface area contributed by atoms with E-state index in [1.54, 1.807) is 0 Å². The molecule has 6 aromatic rings. The largest absolute Gasteiger partial charge is 0.463 e. The third-order valence-electron chi connectivity index (χ3n) is 14.1. The summed E-state index contributed by atoms with van der Waals surface area (Å²) in [6, 6.07) is 55.8. The molecule has 8 rings (SSSR count). The number of hydrogen-bond donors (Lipinski definition) is 0. The second kappa shape index (κ2) is 28.8. The number of nitrogens with zero attached hydrogens (tertiary/aromatic N) is 3. The molecule has 2 heterocycles. The Bertz CT molecular complexity index is 2900. The van der Waals surface area contributed by atoms with E-state index in [-0.39, 0.29) is 51.7 Å². The number of benzene rings is 6. The summed E-state index contributed by atoms with van der Waals surface area (Å²) in [5, 5.41) is 5.91. The van der Waals surface area contributed by atoms with Gasteiger partial charge in [-0.1, -0.05) is 207 Å². The molecule has 17 heteroatoms. The average Bonchev–Trinajstić information content (AvgIpc) is 3.51. The Labute approximate surface area is 474 Å². The predicted octanol–water partition coefficient (Wildman–Crippen LogP) is 10.8. The first-order valence-corrected chi connectivity index (χ1v) is 29.8. The van der Waals surface area contributed by atoms with Crippen molar-refractivity contribution in [3.8, 4) is 0 Å². The number of rotatable bonds is 25. The van der Waals surface area contributed by atoms with E-state index >= 15 is 0 Å². The summed E-state index contributed by atoms with van der Waals surface area (Å²) in [5.41, 5.74) is 13.0. The highest BCUT2D eigenvalue weighted by Gasteiger charge is 2.57. The van der Waals surface area contributed by atoms with Crippen molar-refractivity contribution in [2.24, 2.45) is 5.11 Å². The fraction of sp³-hybridized carbons (Fsp3) is 0.381. The molecule has 0 bridgehead atoms. The number of carbonyl (C=O) groups excluding carboxylic acids is 3. The molecular formula is C63H71N3O12SSi. The fourth-order valence-corrected chi connectivity index (χ4v) is 15.8. The van der Waals surface area contributed by atoms with E-state index in [0.717, 1.165) is 37.5 Å². The molecule has 420 valence electrons. The molecule has 2 fully saturated rings. The Kier molecular flexibility index (Phi) is 21.5. The number of ketones is 1. The zero-order valence-electron chi connectivity index (χ0n) is 46.1. The Morgan fingerprint density at radius 1 is 0.600 bits per heavy atom. The molecule has 6 aromatic carbocycles. The lowest BCUT2D eigenvalue weighted by atomic mass is 9.95. The third-order valence-corrected chi connectivity index (χ3v) is 20.3. The van der Waals surface area contributed by atoms with Gasteiger partial charge in [0.05, 0.1) is 39.0 Å². The Balaban J connectivity index is 1.29. The highest BCUT2D eigenvalue weighted by atomic mass is 32.2. The highest BCUT2D eigenvalue weighted by Crippen LogP contribution is 2.42. The molecular weight excluding hydrogens is 1050 g/mol. The van der Waals surface area contributed by atoms with Gasteiger partial charge in [-0.15, -0.1) is 0 Å². The first-order chi connectivity index (χ1) is 38.7. The van der Waals surface area contributed by atoms with Crippen molar-refractivity contribution in [1.29, 1.82) is 0 Å². The zero-order chi connectivity index (χ0) is 56.5. The quantitative estimate of drug-likeness (QED) is 0.0174. The standard InChI is InChI=1S/C63H71N3O12SSi/c1-43-32-35-49(36-33-43)79-62-55(65-66-64)58(71-38-46-22-12-7-13-23-46)56(52(76-62)41-70-45(3)68)78-61-60(73-40-48-26-16-9-17-27-48)59(72-39-47-24-14-8-15-25-47)57(77-54(69)37-34-44(2)67)53(75-61)42-74-80(63(4,5)6,50-28-18-10-19-29-50)51-30-20-11-21-31-51/h7-33,35-36,52-53,55-62H,34,37-42H2,1-6H3/t52-,53+,55-,56-,57-,58-,59+,60-,61+,62+/m1/s1. The summed E-state index contributed by atoms with van der Waals surface area (Å²) >= 11 is 1.34. The van der Waals surface area contributed by atoms with Crippen molar-refractivity contribution in [2.75, 3.05) is 13.2 Å². The van der Waals surface area contributed by atoms with Crippen LogP contribution >= 0.6 is 11.8 Å². The van der Waals surface area contributed by atoms with Crippen LogP contribution in [0.5, 0.6) is 0 Å². The summed E-state index contributed by atoms with van der Waals surface area (Å²) in [7, 11) is -3.33. The molecule has 0 aromatic heterocycles. The maximum Gasteiger partial charge on any atom is 0.306 e. The minimum absolute atomic E-state index is 0.0384. The smallest absolute Gasteiger partial charge is 0.306 e. The summed E-state index contributed by atoms with van der Waals surface area (Å²) in [6.45, 7) is 11.0. The zero-order valence-corrected chi connectivity index (χ0v) is 47.9. The number of esters is 2. The van der Waals surface area contributed by atoms with Gasteiger partial charge in [0.25, 0.3) is 8.32 Å². The Morgan fingerprint density at radius 2 is 1.09 bits per heavy atom. The van der Waals surface area contributed by atoms with Crippen LogP contribution in [0.1, 0.15) is 69.7 Å². The number of carbonyl (C=O) groups is 3. The van der Waals surface area contributed by atoms with Gasteiger partial charge in [-0.2, -0.15) is 0 Å². The van der Waals surface area contributed by atoms with Crippen LogP contribution in [0, 0.1) is 6.92 Å². The molecule has 2 aliphatic heterocycles. The number of ether oxygens (including phenoxy) is 8. The first kappa shape index (κ1) is 59.6. The topological polar surface area (TPSA) is 183 Å². The van der Waals surface area contributed by atoms with E-state index in [1.165, 1.54) is 25.6 Å². The van der Waals surface area contributed by atoms with Gasteiger partial charge in [-0.3, -0.25) is 9.59 Å². The minimum atomic E-state index is -3.33. The molecule has 0 saturated carbocycles. The van der Waals surface area contributed by atoms with Crippen LogP contribution in [0.2, 0.25) is 5.04 Å². The van der Waals surface area contributed by atoms with Gasteiger partial charge in [0.2, 0.25) is 0 Å². The fourth-order valence-electron chi connectivity index (χ4n) is 10.2. The van der Waals surface area contributed by atoms with Crippen molar-refractivity contribution in [1.82, 2.24) is 0 Å². The van der Waals surface area contributed by atoms with E-state index in [0.29, 0.717) is 0 Å². The molecule has 10 atom stereocenters. The van der Waals surface area contributed by atoms with Crippen LogP contribution in [-0.2, 0) is 76.5 Å². The van der Waals surface area contributed by atoms with Gasteiger partial charge in [0.1, 0.15) is 54.4 Å². The lowest BCUT2D eigenvalue weighted by molar-refractivity contribution is -0.348. The maximum atomic E-state index is 14.2. The van der Waals surface area contributed by atoms with Crippen LogP contribution in [0.25, 0.3) is 10.4 Å². The first-order valence-electron chi connectivity index (χ1n) is 27.0. The van der Waals surface area contributed by atoms with Crippen LogP contribution in [0.3, 0.4) is 0 Å². The van der Waals surface area contributed by atoms with E-state index in [1.807, 2.05) is 159 Å². The molecule has 2 aliphatic rings. The number of thioether (sulfide) groups is 1. The number of hydrogen-bond acceptors (Lipinski definition) is 14. The Hall–Kier alpha value is -6.47. The van der Waals surface area contributed by atoms with Crippen LogP contribution in [0.15, 0.2) is 186 Å². The average molecular weight is 1120 g/mol. The lowest BCUT2D eigenvalue weighted by Gasteiger charge is -2.50. The van der Waals surface area contributed by atoms with Gasteiger partial charge in [-0.05, 0) is 63.6 Å². The summed E-state index contributed by atoms with van der Waals surface area (Å²) in [6.07, 6.45) is -9.62. The highest BCUT2D eigenvalue weighted by molar-refractivity contribution is 7.99. The maximum absolute atomic E-state index is 14.2. The minimum Gasteiger partial charge on any atom is -0.463 e. The van der Waals surface area contributed by atoms with E-state index < -0.39 is 85.8 Å². The van der Waals surface area contributed by atoms with Gasteiger partial charge in [0.15, 0.2) is 12.4 Å².